The van der Waals surface area contributed by atoms with Crippen LogP contribution in [0, 0.1) is 0 Å². The minimum atomic E-state index is -0.303. The monoisotopic (exact) mass is 273 g/mol. The van der Waals surface area contributed by atoms with Gasteiger partial charge in [-0.15, -0.1) is 5.10 Å². The topological polar surface area (TPSA) is 72.3 Å². The lowest BCUT2D eigenvalue weighted by Crippen LogP contribution is -2.26. The van der Waals surface area contributed by atoms with E-state index in [1.165, 1.54) is 11.4 Å². The lowest BCUT2D eigenvalue weighted by atomic mass is 10.3. The quantitative estimate of drug-likeness (QED) is 0.581. The molecule has 7 heteroatoms. The predicted octanol–water partition coefficient (Wildman–Crippen LogP) is 2.14. The van der Waals surface area contributed by atoms with Crippen LogP contribution in [-0.2, 0) is 4.57 Å². The zero-order valence-electron chi connectivity index (χ0n) is 10.9. The van der Waals surface area contributed by atoms with Crippen LogP contribution in [0.25, 0.3) is 0 Å². The smallest absolute Gasteiger partial charge is 0.483 e. The van der Waals surface area contributed by atoms with Gasteiger partial charge in [0.15, 0.2) is 11.5 Å². The molecule has 0 spiro atoms. The van der Waals surface area contributed by atoms with E-state index in [2.05, 4.69) is 5.10 Å². The van der Waals surface area contributed by atoms with Crippen molar-refractivity contribution in [1.82, 2.24) is 5.10 Å². The highest BCUT2D eigenvalue weighted by atomic mass is 31.1. The summed E-state index contributed by atoms with van der Waals surface area (Å²) >= 11 is 0. The number of aromatic nitrogens is 2. The summed E-state index contributed by atoms with van der Waals surface area (Å²) in [6, 6.07) is 0. The first-order valence-corrected chi connectivity index (χ1v) is 6.70. The standard InChI is InChI=1S/C11H17N2O4P/c1-4-6-16-10-9(8(3)14)12-13(18-15)11(10)17-7-5-2/h4-7H2,1-3H3/p+1. The van der Waals surface area contributed by atoms with Crippen LogP contribution in [0.4, 0.5) is 0 Å². The molecular weight excluding hydrogens is 255 g/mol. The number of carbonyl (C=O) groups excluding carboxylic acids is 1. The highest BCUT2D eigenvalue weighted by molar-refractivity contribution is 7.15. The second-order valence-electron chi connectivity index (χ2n) is 3.77. The van der Waals surface area contributed by atoms with Gasteiger partial charge in [-0.05, 0) is 12.8 Å². The van der Waals surface area contributed by atoms with Crippen LogP contribution in [0.1, 0.15) is 44.1 Å². The molecule has 1 rings (SSSR count). The van der Waals surface area contributed by atoms with Gasteiger partial charge in [0.05, 0.1) is 13.2 Å². The molecule has 0 saturated carbocycles. The van der Waals surface area contributed by atoms with E-state index in [-0.39, 0.29) is 20.1 Å². The maximum Gasteiger partial charge on any atom is 0.547 e. The fourth-order valence-electron chi connectivity index (χ4n) is 1.37. The van der Waals surface area contributed by atoms with Gasteiger partial charge in [0.2, 0.25) is 0 Å². The van der Waals surface area contributed by atoms with Crippen molar-refractivity contribution in [3.8, 4) is 11.6 Å². The number of aromatic amines is 1. The summed E-state index contributed by atoms with van der Waals surface area (Å²) in [6.45, 7) is 6.28. The molecule has 18 heavy (non-hydrogen) atoms. The van der Waals surface area contributed by atoms with Gasteiger partial charge in [0.25, 0.3) is 5.75 Å². The van der Waals surface area contributed by atoms with E-state index in [0.717, 1.165) is 12.8 Å². The normalized spacial score (nSPS) is 10.6. The molecule has 0 saturated heterocycles. The molecule has 1 aromatic rings. The van der Waals surface area contributed by atoms with Gasteiger partial charge >= 0.3 is 14.5 Å². The second kappa shape index (κ2) is 7.11. The number of rotatable bonds is 8. The highest BCUT2D eigenvalue weighted by Gasteiger charge is 2.31. The van der Waals surface area contributed by atoms with Crippen molar-refractivity contribution in [2.75, 3.05) is 13.2 Å². The Balaban J connectivity index is 3.15. The summed E-state index contributed by atoms with van der Waals surface area (Å²) in [7, 11) is -0.303. The van der Waals surface area contributed by atoms with Crippen LogP contribution in [0.2, 0.25) is 0 Å². The van der Waals surface area contributed by atoms with Crippen molar-refractivity contribution in [2.24, 2.45) is 0 Å². The van der Waals surface area contributed by atoms with Gasteiger partial charge in [-0.25, -0.2) is 0 Å². The van der Waals surface area contributed by atoms with Gasteiger partial charge in [0.1, 0.15) is 0 Å². The van der Waals surface area contributed by atoms with Crippen LogP contribution in [0.5, 0.6) is 11.6 Å². The summed E-state index contributed by atoms with van der Waals surface area (Å²) in [6.07, 6.45) is 1.62. The Morgan fingerprint density at radius 3 is 2.39 bits per heavy atom. The molecule has 100 valence electrons. The maximum atomic E-state index is 11.5. The average molecular weight is 273 g/mol. The first-order chi connectivity index (χ1) is 8.65. The molecule has 0 amide bonds. The molecule has 0 fully saturated rings. The predicted molar refractivity (Wildman–Crippen MR) is 65.6 cm³/mol. The molecule has 0 aromatic carbocycles. The van der Waals surface area contributed by atoms with E-state index >= 15 is 0 Å². The zero-order chi connectivity index (χ0) is 13.5. The van der Waals surface area contributed by atoms with Crippen LogP contribution < -0.4 is 13.9 Å². The van der Waals surface area contributed by atoms with Crippen molar-refractivity contribution in [3.63, 3.8) is 0 Å². The number of hydrogen-bond donors (Lipinski definition) is 1. The molecule has 0 aliphatic rings. The molecule has 0 radical (unpaired) electrons. The molecule has 1 N–H and O–H groups in total. The van der Waals surface area contributed by atoms with Crippen LogP contribution in [0.3, 0.4) is 0 Å². The Kier molecular flexibility index (Phi) is 5.78. The first-order valence-electron chi connectivity index (χ1n) is 5.93. The number of ether oxygens (including phenoxy) is 2. The van der Waals surface area contributed by atoms with Crippen molar-refractivity contribution in [1.29, 1.82) is 0 Å². The van der Waals surface area contributed by atoms with E-state index in [0.29, 0.717) is 24.8 Å². The van der Waals surface area contributed by atoms with E-state index < -0.39 is 0 Å². The number of hydrogen-bond acceptors (Lipinski definition) is 4. The molecule has 6 nitrogen and oxygen atoms in total. The number of carbonyl (C=O) groups is 1. The first kappa shape index (κ1) is 14.6. The SMILES string of the molecule is CCCOc1c(C(C)=O)[nH][n+](P=O)c1OCCC. The Bertz CT molecular complexity index is 431. The third-order valence-corrected chi connectivity index (χ3v) is 2.60. The maximum absolute atomic E-state index is 11.5. The average Bonchev–Trinajstić information content (AvgIpc) is 2.71. The number of Topliss-reactive ketones (excluding diaryl/α,β-unsaturated/α-hetero) is 1. The third kappa shape index (κ3) is 3.29. The van der Waals surface area contributed by atoms with Crippen molar-refractivity contribution < 1.29 is 23.3 Å². The number of nitrogens with one attached hydrogen (secondary N) is 1. The second-order valence-corrected chi connectivity index (χ2v) is 4.33. The molecule has 0 aliphatic heterocycles. The molecule has 0 bridgehead atoms. The highest BCUT2D eigenvalue weighted by Crippen LogP contribution is 2.29. The molecular formula is C11H18N2O4P+. The Labute approximate surface area is 108 Å². The van der Waals surface area contributed by atoms with Gasteiger partial charge in [-0.1, -0.05) is 13.8 Å². The minimum Gasteiger partial charge on any atom is -0.483 e. The molecule has 1 aromatic heterocycles. The third-order valence-electron chi connectivity index (χ3n) is 2.16. The molecule has 0 aliphatic carbocycles. The van der Waals surface area contributed by atoms with E-state index in [1.54, 1.807) is 0 Å². The summed E-state index contributed by atoms with van der Waals surface area (Å²) in [5.41, 5.74) is 0.276. The Morgan fingerprint density at radius 2 is 1.89 bits per heavy atom. The largest absolute Gasteiger partial charge is 0.547 e. The Morgan fingerprint density at radius 1 is 1.28 bits per heavy atom. The fraction of sp³-hybridized carbons (Fsp3) is 0.636. The summed E-state index contributed by atoms with van der Waals surface area (Å²) in [5, 5.41) is 2.71. The van der Waals surface area contributed by atoms with Gasteiger partial charge < -0.3 is 9.47 Å². The van der Waals surface area contributed by atoms with Gasteiger partial charge in [0, 0.05) is 11.4 Å². The lowest BCUT2D eigenvalue weighted by Gasteiger charge is -2.03. The van der Waals surface area contributed by atoms with Crippen LogP contribution in [-0.4, -0.2) is 24.1 Å². The van der Waals surface area contributed by atoms with E-state index in [4.69, 9.17) is 9.47 Å². The van der Waals surface area contributed by atoms with Crippen LogP contribution >= 0.6 is 8.61 Å². The molecule has 0 unspecified atom stereocenters. The number of H-pyrrole nitrogens is 1. The minimum absolute atomic E-state index is 0.190. The van der Waals surface area contributed by atoms with Gasteiger partial charge in [-0.3, -0.25) is 4.79 Å². The lowest BCUT2D eigenvalue weighted by molar-refractivity contribution is -0.579. The summed E-state index contributed by atoms with van der Waals surface area (Å²) in [4.78, 5) is 11.5. The number of nitrogens with zero attached hydrogens (tertiary/aromatic N) is 1. The molecule has 1 heterocycles. The van der Waals surface area contributed by atoms with Crippen LogP contribution in [0.15, 0.2) is 0 Å². The van der Waals surface area contributed by atoms with Crippen molar-refractivity contribution in [3.05, 3.63) is 5.69 Å². The Hall–Kier alpha value is -1.42. The van der Waals surface area contributed by atoms with Crippen molar-refractivity contribution in [2.45, 2.75) is 33.6 Å². The number of ketones is 1. The zero-order valence-corrected chi connectivity index (χ0v) is 11.8. The fourth-order valence-corrected chi connectivity index (χ4v) is 1.73. The van der Waals surface area contributed by atoms with E-state index in [1.807, 2.05) is 13.8 Å². The summed E-state index contributed by atoms with van der Waals surface area (Å²) in [5.74, 6) is 0.443. The van der Waals surface area contributed by atoms with Gasteiger partial charge in [-0.2, -0.15) is 4.57 Å². The molecule has 0 atom stereocenters. The van der Waals surface area contributed by atoms with Crippen molar-refractivity contribution >= 4 is 14.4 Å². The van der Waals surface area contributed by atoms with E-state index in [9.17, 15) is 9.36 Å². The summed E-state index contributed by atoms with van der Waals surface area (Å²) < 4.78 is 23.3.